The summed E-state index contributed by atoms with van der Waals surface area (Å²) in [6.45, 7) is 6.41. The third-order valence-corrected chi connectivity index (χ3v) is 7.12. The molecule has 4 nitrogen and oxygen atoms in total. The first-order valence-electron chi connectivity index (χ1n) is 10.2. The van der Waals surface area contributed by atoms with Gasteiger partial charge in [0.05, 0.1) is 22.9 Å². The van der Waals surface area contributed by atoms with Crippen LogP contribution >= 0.6 is 23.5 Å². The molecule has 2 N–H and O–H groups in total. The summed E-state index contributed by atoms with van der Waals surface area (Å²) >= 11 is 3.19. The Bertz CT molecular complexity index is 1180. The SMILES string of the molecule is C=C1C=C(Nc2ccccc2OC)SC=C1C1=C(C)CC=C(NC(=O)c2ccccc2)S1. The van der Waals surface area contributed by atoms with E-state index in [1.165, 1.54) is 5.57 Å². The van der Waals surface area contributed by atoms with E-state index >= 15 is 0 Å². The normalized spacial score (nSPS) is 16.1. The van der Waals surface area contributed by atoms with Gasteiger partial charge < -0.3 is 15.4 Å². The summed E-state index contributed by atoms with van der Waals surface area (Å²) in [6, 6.07) is 17.1. The highest BCUT2D eigenvalue weighted by Crippen LogP contribution is 2.44. The Balaban J connectivity index is 1.44. The lowest BCUT2D eigenvalue weighted by Crippen LogP contribution is -2.22. The second kappa shape index (κ2) is 10.0. The highest BCUT2D eigenvalue weighted by Gasteiger charge is 2.22. The number of carbonyl (C=O) groups excluding carboxylic acids is 1. The Kier molecular flexibility index (Phi) is 6.93. The van der Waals surface area contributed by atoms with Crippen LogP contribution in [0.4, 0.5) is 5.69 Å². The number of carbonyl (C=O) groups is 1. The van der Waals surface area contributed by atoms with Gasteiger partial charge in [0, 0.05) is 16.0 Å². The number of amides is 1. The molecule has 0 aliphatic carbocycles. The molecular formula is C26H24N2O2S2. The van der Waals surface area contributed by atoms with Crippen LogP contribution in [0, 0.1) is 0 Å². The second-order valence-corrected chi connectivity index (χ2v) is 9.28. The summed E-state index contributed by atoms with van der Waals surface area (Å²) in [5.74, 6) is 0.692. The molecule has 1 amide bonds. The number of methoxy groups -OCH3 is 1. The predicted octanol–water partition coefficient (Wildman–Crippen LogP) is 6.82. The summed E-state index contributed by atoms with van der Waals surface area (Å²) in [6.07, 6.45) is 4.90. The van der Waals surface area contributed by atoms with Crippen molar-refractivity contribution in [2.45, 2.75) is 13.3 Å². The predicted molar refractivity (Wildman–Crippen MR) is 136 cm³/mol. The van der Waals surface area contributed by atoms with Gasteiger partial charge >= 0.3 is 0 Å². The number of anilines is 1. The third kappa shape index (κ3) is 5.03. The molecule has 2 aliphatic heterocycles. The van der Waals surface area contributed by atoms with Crippen LogP contribution < -0.4 is 15.4 Å². The van der Waals surface area contributed by atoms with E-state index in [2.05, 4.69) is 35.6 Å². The first-order chi connectivity index (χ1) is 15.5. The first-order valence-corrected chi connectivity index (χ1v) is 11.9. The van der Waals surface area contributed by atoms with Crippen molar-refractivity contribution >= 4 is 35.1 Å². The Hall–Kier alpha value is -3.09. The average Bonchev–Trinajstić information content (AvgIpc) is 2.81. The molecule has 2 aromatic carbocycles. The van der Waals surface area contributed by atoms with Gasteiger partial charge in [-0.3, -0.25) is 4.79 Å². The molecule has 0 saturated heterocycles. The molecule has 6 heteroatoms. The third-order valence-electron chi connectivity index (χ3n) is 5.03. The fourth-order valence-electron chi connectivity index (χ4n) is 3.33. The van der Waals surface area contributed by atoms with Crippen molar-refractivity contribution in [1.82, 2.24) is 5.32 Å². The molecule has 0 fully saturated rings. The minimum absolute atomic E-state index is 0.0998. The molecule has 162 valence electrons. The Labute approximate surface area is 197 Å². The summed E-state index contributed by atoms with van der Waals surface area (Å²) in [5.41, 5.74) is 4.83. The van der Waals surface area contributed by atoms with Crippen LogP contribution in [0.15, 0.2) is 110 Å². The number of hydrogen-bond donors (Lipinski definition) is 2. The van der Waals surface area contributed by atoms with Gasteiger partial charge in [0.15, 0.2) is 0 Å². The van der Waals surface area contributed by atoms with E-state index in [0.717, 1.165) is 44.0 Å². The van der Waals surface area contributed by atoms with Crippen LogP contribution in [0.2, 0.25) is 0 Å². The number of ether oxygens (including phenoxy) is 1. The molecule has 0 atom stereocenters. The molecule has 0 radical (unpaired) electrons. The van der Waals surface area contributed by atoms with Gasteiger partial charge in [0.25, 0.3) is 5.91 Å². The van der Waals surface area contributed by atoms with Gasteiger partial charge in [-0.1, -0.05) is 66.0 Å². The van der Waals surface area contributed by atoms with Gasteiger partial charge in [-0.25, -0.2) is 0 Å². The summed E-state index contributed by atoms with van der Waals surface area (Å²) in [4.78, 5) is 13.7. The molecule has 0 saturated carbocycles. The molecule has 2 aliphatic rings. The summed E-state index contributed by atoms with van der Waals surface area (Å²) in [5, 5.41) is 10.4. The van der Waals surface area contributed by atoms with Crippen LogP contribution in [0.25, 0.3) is 0 Å². The zero-order valence-corrected chi connectivity index (χ0v) is 19.6. The fourth-order valence-corrected chi connectivity index (χ4v) is 5.38. The smallest absolute Gasteiger partial charge is 0.256 e. The van der Waals surface area contributed by atoms with Crippen LogP contribution in [0.3, 0.4) is 0 Å². The number of allylic oxidation sites excluding steroid dienone is 5. The van der Waals surface area contributed by atoms with Crippen molar-refractivity contribution in [2.75, 3.05) is 12.4 Å². The van der Waals surface area contributed by atoms with E-state index in [-0.39, 0.29) is 5.91 Å². The highest BCUT2D eigenvalue weighted by molar-refractivity contribution is 8.07. The van der Waals surface area contributed by atoms with E-state index in [9.17, 15) is 4.79 Å². The van der Waals surface area contributed by atoms with Crippen molar-refractivity contribution < 1.29 is 9.53 Å². The van der Waals surface area contributed by atoms with Gasteiger partial charge in [-0.2, -0.15) is 0 Å². The lowest BCUT2D eigenvalue weighted by molar-refractivity contribution is 0.0968. The topological polar surface area (TPSA) is 50.4 Å². The lowest BCUT2D eigenvalue weighted by Gasteiger charge is -2.24. The number of thioether (sulfide) groups is 2. The highest BCUT2D eigenvalue weighted by atomic mass is 32.2. The molecule has 0 unspecified atom stereocenters. The molecule has 0 spiro atoms. The van der Waals surface area contributed by atoms with Crippen LogP contribution in [-0.2, 0) is 0 Å². The maximum Gasteiger partial charge on any atom is 0.256 e. The zero-order chi connectivity index (χ0) is 22.5. The van der Waals surface area contributed by atoms with Gasteiger partial charge in [-0.05, 0) is 60.7 Å². The van der Waals surface area contributed by atoms with Crippen molar-refractivity contribution in [1.29, 1.82) is 0 Å². The van der Waals surface area contributed by atoms with Crippen molar-refractivity contribution in [3.8, 4) is 5.75 Å². The molecule has 2 aromatic rings. The van der Waals surface area contributed by atoms with Crippen LogP contribution in [0.5, 0.6) is 5.75 Å². The fraction of sp³-hybridized carbons (Fsp3) is 0.115. The largest absolute Gasteiger partial charge is 0.495 e. The molecule has 0 aromatic heterocycles. The van der Waals surface area contributed by atoms with Crippen LogP contribution in [0.1, 0.15) is 23.7 Å². The quantitative estimate of drug-likeness (QED) is 0.495. The van der Waals surface area contributed by atoms with E-state index in [1.807, 2.05) is 60.7 Å². The van der Waals surface area contributed by atoms with Gasteiger partial charge in [0.2, 0.25) is 0 Å². The minimum atomic E-state index is -0.0998. The second-order valence-electron chi connectivity index (χ2n) is 7.31. The van der Waals surface area contributed by atoms with Gasteiger partial charge in [0.1, 0.15) is 5.75 Å². The van der Waals surface area contributed by atoms with Crippen LogP contribution in [-0.4, -0.2) is 13.0 Å². The zero-order valence-electron chi connectivity index (χ0n) is 18.0. The van der Waals surface area contributed by atoms with Crippen molar-refractivity contribution in [3.63, 3.8) is 0 Å². The summed E-state index contributed by atoms with van der Waals surface area (Å²) in [7, 11) is 1.66. The number of hydrogen-bond acceptors (Lipinski definition) is 5. The maximum atomic E-state index is 12.6. The molecule has 0 bridgehead atoms. The van der Waals surface area contributed by atoms with E-state index < -0.39 is 0 Å². The molecular weight excluding hydrogens is 436 g/mol. The lowest BCUT2D eigenvalue weighted by atomic mass is 10.0. The molecule has 32 heavy (non-hydrogen) atoms. The minimum Gasteiger partial charge on any atom is -0.495 e. The maximum absolute atomic E-state index is 12.6. The number of rotatable bonds is 6. The van der Waals surface area contributed by atoms with E-state index in [4.69, 9.17) is 4.74 Å². The van der Waals surface area contributed by atoms with E-state index in [0.29, 0.717) is 5.56 Å². The standard InChI is InChI=1S/C26H24N2O2S2/c1-17-13-14-23(28-26(29)19-9-5-4-6-10-19)32-25(17)20-16-31-24(15-18(20)2)27-21-11-7-8-12-22(21)30-3/h4-12,14-16,27H,2,13H2,1,3H3,(H,28,29). The first kappa shape index (κ1) is 22.1. The average molecular weight is 461 g/mol. The number of benzene rings is 2. The Morgan fingerprint density at radius 3 is 2.56 bits per heavy atom. The van der Waals surface area contributed by atoms with E-state index in [1.54, 1.807) is 30.6 Å². The Morgan fingerprint density at radius 1 is 1.06 bits per heavy atom. The number of para-hydroxylation sites is 2. The summed E-state index contributed by atoms with van der Waals surface area (Å²) < 4.78 is 5.43. The van der Waals surface area contributed by atoms with Gasteiger partial charge in [-0.15, -0.1) is 0 Å². The Morgan fingerprint density at radius 2 is 1.81 bits per heavy atom. The monoisotopic (exact) mass is 460 g/mol. The van der Waals surface area contributed by atoms with Crippen molar-refractivity contribution in [2.24, 2.45) is 0 Å². The molecule has 4 rings (SSSR count). The van der Waals surface area contributed by atoms with Crippen molar-refractivity contribution in [3.05, 3.63) is 116 Å². The number of nitrogens with one attached hydrogen (secondary N) is 2. The molecule has 2 heterocycles.